The van der Waals surface area contributed by atoms with Crippen LogP contribution in [0.25, 0.3) is 0 Å². The van der Waals surface area contributed by atoms with Crippen LogP contribution in [0.4, 0.5) is 8.78 Å². The normalized spacial score (nSPS) is 17.7. The summed E-state index contributed by atoms with van der Waals surface area (Å²) < 4.78 is 54.4. The first-order valence-corrected chi connectivity index (χ1v) is 8.62. The second-order valence-corrected chi connectivity index (χ2v) is 7.09. The van der Waals surface area contributed by atoms with E-state index >= 15 is 0 Å². The predicted molar refractivity (Wildman–Crippen MR) is 76.1 cm³/mol. The van der Waals surface area contributed by atoms with Gasteiger partial charge in [-0.1, -0.05) is 25.7 Å². The Morgan fingerprint density at radius 1 is 1.14 bits per heavy atom. The van der Waals surface area contributed by atoms with Crippen LogP contribution in [0.3, 0.4) is 0 Å². The Balaban J connectivity index is 2.28. The van der Waals surface area contributed by atoms with Crippen LogP contribution in [0.5, 0.6) is 0 Å². The van der Waals surface area contributed by atoms with Crippen molar-refractivity contribution in [2.45, 2.75) is 56.0 Å². The Morgan fingerprint density at radius 3 is 2.33 bits per heavy atom. The van der Waals surface area contributed by atoms with Crippen LogP contribution in [0.15, 0.2) is 17.0 Å². The second kappa shape index (κ2) is 6.81. The van der Waals surface area contributed by atoms with E-state index in [1.54, 1.807) is 0 Å². The molecule has 1 aromatic rings. The summed E-state index contributed by atoms with van der Waals surface area (Å²) in [5, 5.41) is 0. The van der Waals surface area contributed by atoms with Crippen molar-refractivity contribution in [2.24, 2.45) is 5.73 Å². The van der Waals surface area contributed by atoms with Crippen molar-refractivity contribution in [1.29, 1.82) is 0 Å². The van der Waals surface area contributed by atoms with Gasteiger partial charge in [-0.3, -0.25) is 0 Å². The van der Waals surface area contributed by atoms with Gasteiger partial charge in [0.25, 0.3) is 0 Å². The smallest absolute Gasteiger partial charge is 0.243 e. The lowest BCUT2D eigenvalue weighted by molar-refractivity contribution is 0.473. The van der Waals surface area contributed by atoms with E-state index in [1.807, 2.05) is 0 Å². The van der Waals surface area contributed by atoms with Crippen LogP contribution in [-0.4, -0.2) is 14.5 Å². The van der Waals surface area contributed by atoms with Crippen molar-refractivity contribution in [1.82, 2.24) is 4.72 Å². The lowest BCUT2D eigenvalue weighted by atomic mass is 10.1. The van der Waals surface area contributed by atoms with Gasteiger partial charge in [0.05, 0.1) is 0 Å². The predicted octanol–water partition coefficient (Wildman–Crippen LogP) is 2.42. The van der Waals surface area contributed by atoms with Gasteiger partial charge >= 0.3 is 0 Å². The minimum Gasteiger partial charge on any atom is -0.326 e. The summed E-state index contributed by atoms with van der Waals surface area (Å²) in [6.07, 6.45) is 5.47. The maximum Gasteiger partial charge on any atom is 0.243 e. The molecule has 1 aliphatic carbocycles. The molecule has 0 bridgehead atoms. The lowest BCUT2D eigenvalue weighted by Crippen LogP contribution is -2.35. The van der Waals surface area contributed by atoms with E-state index in [0.717, 1.165) is 50.7 Å². The molecule has 0 radical (unpaired) electrons. The number of nitrogens with one attached hydrogen (secondary N) is 1. The SMILES string of the molecule is NCc1cc(F)c(F)c(S(=O)(=O)NC2CCCCCC2)c1. The fourth-order valence-electron chi connectivity index (χ4n) is 2.61. The van der Waals surface area contributed by atoms with Gasteiger partial charge in [-0.05, 0) is 30.5 Å². The highest BCUT2D eigenvalue weighted by Gasteiger charge is 2.26. The van der Waals surface area contributed by atoms with Gasteiger partial charge < -0.3 is 5.73 Å². The number of halogens is 2. The van der Waals surface area contributed by atoms with Gasteiger partial charge in [-0.15, -0.1) is 0 Å². The standard InChI is InChI=1S/C14H20F2N2O2S/c15-12-7-10(9-17)8-13(14(12)16)21(19,20)18-11-5-3-1-2-4-6-11/h7-8,11,18H,1-6,9,17H2. The molecule has 0 atom stereocenters. The molecule has 0 heterocycles. The summed E-state index contributed by atoms with van der Waals surface area (Å²) in [7, 11) is -4.08. The maximum atomic E-state index is 13.8. The van der Waals surface area contributed by atoms with Crippen molar-refractivity contribution in [3.05, 3.63) is 29.3 Å². The Hall–Kier alpha value is -1.05. The molecule has 4 nitrogen and oxygen atoms in total. The molecule has 1 fully saturated rings. The monoisotopic (exact) mass is 318 g/mol. The van der Waals surface area contributed by atoms with E-state index in [9.17, 15) is 17.2 Å². The molecule has 3 N–H and O–H groups in total. The third kappa shape index (κ3) is 3.99. The summed E-state index contributed by atoms with van der Waals surface area (Å²) in [6, 6.07) is 1.79. The molecule has 7 heteroatoms. The van der Waals surface area contributed by atoms with Crippen molar-refractivity contribution >= 4 is 10.0 Å². The first-order chi connectivity index (χ1) is 9.94. The van der Waals surface area contributed by atoms with Crippen LogP contribution < -0.4 is 10.5 Å². The highest BCUT2D eigenvalue weighted by Crippen LogP contribution is 2.23. The maximum absolute atomic E-state index is 13.8. The Kier molecular flexibility index (Phi) is 5.29. The molecule has 0 amide bonds. The summed E-state index contributed by atoms with van der Waals surface area (Å²) in [5.41, 5.74) is 5.63. The Labute approximate surface area is 123 Å². The van der Waals surface area contributed by atoms with Gasteiger partial charge in [0.15, 0.2) is 11.6 Å². The molecule has 0 spiro atoms. The average molecular weight is 318 g/mol. The number of nitrogens with two attached hydrogens (primary N) is 1. The number of rotatable bonds is 4. The topological polar surface area (TPSA) is 72.2 Å². The zero-order valence-corrected chi connectivity index (χ0v) is 12.6. The molecule has 1 aromatic carbocycles. The first-order valence-electron chi connectivity index (χ1n) is 7.14. The second-order valence-electron chi connectivity index (χ2n) is 5.40. The van der Waals surface area contributed by atoms with E-state index in [4.69, 9.17) is 5.73 Å². The largest absolute Gasteiger partial charge is 0.326 e. The van der Waals surface area contributed by atoms with E-state index in [0.29, 0.717) is 0 Å². The van der Waals surface area contributed by atoms with E-state index in [1.165, 1.54) is 0 Å². The van der Waals surface area contributed by atoms with Crippen LogP contribution in [0, 0.1) is 11.6 Å². The molecule has 0 aliphatic heterocycles. The van der Waals surface area contributed by atoms with Gasteiger partial charge in [0, 0.05) is 12.6 Å². The van der Waals surface area contributed by atoms with Gasteiger partial charge in [0.2, 0.25) is 10.0 Å². The summed E-state index contributed by atoms with van der Waals surface area (Å²) in [6.45, 7) is -0.0524. The lowest BCUT2D eigenvalue weighted by Gasteiger charge is -2.17. The van der Waals surface area contributed by atoms with Gasteiger partial charge in [0.1, 0.15) is 4.90 Å². The minimum atomic E-state index is -4.08. The zero-order chi connectivity index (χ0) is 15.5. The molecular formula is C14H20F2N2O2S. The van der Waals surface area contributed by atoms with Crippen molar-refractivity contribution in [3.63, 3.8) is 0 Å². The molecule has 0 aromatic heterocycles. The minimum absolute atomic E-state index is 0.0524. The average Bonchev–Trinajstić information content (AvgIpc) is 2.69. The fourth-order valence-corrected chi connectivity index (χ4v) is 4.05. The van der Waals surface area contributed by atoms with E-state index in [-0.39, 0.29) is 18.2 Å². The van der Waals surface area contributed by atoms with E-state index in [2.05, 4.69) is 4.72 Å². The molecule has 1 saturated carbocycles. The molecule has 21 heavy (non-hydrogen) atoms. The third-order valence-electron chi connectivity index (χ3n) is 3.76. The van der Waals surface area contributed by atoms with Crippen molar-refractivity contribution in [3.8, 4) is 0 Å². The number of sulfonamides is 1. The van der Waals surface area contributed by atoms with Crippen LogP contribution in [-0.2, 0) is 16.6 Å². The van der Waals surface area contributed by atoms with Crippen LogP contribution >= 0.6 is 0 Å². The Morgan fingerprint density at radius 2 is 1.76 bits per heavy atom. The highest BCUT2D eigenvalue weighted by atomic mass is 32.2. The van der Waals surface area contributed by atoms with Crippen molar-refractivity contribution < 1.29 is 17.2 Å². The van der Waals surface area contributed by atoms with Gasteiger partial charge in [-0.25, -0.2) is 21.9 Å². The molecule has 1 aliphatic rings. The number of hydrogen-bond donors (Lipinski definition) is 2. The molecule has 118 valence electrons. The molecule has 0 saturated heterocycles. The van der Waals surface area contributed by atoms with Gasteiger partial charge in [-0.2, -0.15) is 0 Å². The third-order valence-corrected chi connectivity index (χ3v) is 5.28. The first kappa shape index (κ1) is 16.3. The summed E-state index contributed by atoms with van der Waals surface area (Å²) in [5.74, 6) is -2.55. The zero-order valence-electron chi connectivity index (χ0n) is 11.7. The van der Waals surface area contributed by atoms with E-state index < -0.39 is 26.6 Å². The molecule has 2 rings (SSSR count). The summed E-state index contributed by atoms with van der Waals surface area (Å²) in [4.78, 5) is -0.660. The van der Waals surface area contributed by atoms with Crippen LogP contribution in [0.2, 0.25) is 0 Å². The quantitative estimate of drug-likeness (QED) is 0.838. The fraction of sp³-hybridized carbons (Fsp3) is 0.571. The van der Waals surface area contributed by atoms with Crippen LogP contribution in [0.1, 0.15) is 44.1 Å². The Bertz CT molecular complexity index is 597. The number of benzene rings is 1. The molecule has 0 unspecified atom stereocenters. The van der Waals surface area contributed by atoms with Crippen molar-refractivity contribution in [2.75, 3.05) is 0 Å². The molecular weight excluding hydrogens is 298 g/mol. The number of hydrogen-bond acceptors (Lipinski definition) is 3. The highest BCUT2D eigenvalue weighted by molar-refractivity contribution is 7.89. The summed E-state index contributed by atoms with van der Waals surface area (Å²) >= 11 is 0.